The quantitative estimate of drug-likeness (QED) is 0.643. The lowest BCUT2D eigenvalue weighted by Gasteiger charge is -2.00. The van der Waals surface area contributed by atoms with Gasteiger partial charge in [-0.15, -0.1) is 0 Å². The van der Waals surface area contributed by atoms with Crippen LogP contribution in [0, 0.1) is 5.82 Å². The van der Waals surface area contributed by atoms with Gasteiger partial charge in [-0.25, -0.2) is 9.36 Å². The number of nitrogens with zero attached hydrogens (tertiary/aromatic N) is 1. The number of ether oxygens (including phenoxy) is 1. The second kappa shape index (κ2) is 3.31. The fraction of sp³-hybridized carbons (Fsp3) is 0.333. The molecule has 1 heterocycles. The Morgan fingerprint density at radius 1 is 1.67 bits per heavy atom. The van der Waals surface area contributed by atoms with E-state index in [1.807, 2.05) is 4.98 Å². The Morgan fingerprint density at radius 3 is 2.92 bits per heavy atom. The Labute approximate surface area is 66.4 Å². The number of H-pyrrole nitrogens is 1. The Bertz CT molecular complexity index is 381. The van der Waals surface area contributed by atoms with Crippen molar-refractivity contribution in [3.8, 4) is 0 Å². The summed E-state index contributed by atoms with van der Waals surface area (Å²) < 4.78 is 17.7. The fourth-order valence-corrected chi connectivity index (χ4v) is 0.732. The average Bonchev–Trinajstić information content (AvgIpc) is 2.06. The van der Waals surface area contributed by atoms with E-state index in [1.54, 1.807) is 0 Å². The van der Waals surface area contributed by atoms with Crippen molar-refractivity contribution in [1.29, 1.82) is 0 Å². The molecule has 1 aromatic rings. The maximum atomic E-state index is 12.5. The van der Waals surface area contributed by atoms with E-state index in [1.165, 1.54) is 7.11 Å². The van der Waals surface area contributed by atoms with Gasteiger partial charge in [0, 0.05) is 13.3 Å². The molecule has 1 aromatic heterocycles. The van der Waals surface area contributed by atoms with E-state index < -0.39 is 17.1 Å². The zero-order valence-electron chi connectivity index (χ0n) is 6.33. The number of aromatic amines is 1. The Kier molecular flexibility index (Phi) is 2.39. The maximum absolute atomic E-state index is 12.5. The zero-order valence-corrected chi connectivity index (χ0v) is 6.33. The van der Waals surface area contributed by atoms with Crippen molar-refractivity contribution in [2.24, 2.45) is 0 Å². The number of nitrogens with one attached hydrogen (secondary N) is 1. The second-order valence-electron chi connectivity index (χ2n) is 2.09. The molecule has 0 amide bonds. The molecular formula is C6H7FN2O3. The lowest BCUT2D eigenvalue weighted by Crippen LogP contribution is -2.36. The first-order chi connectivity index (χ1) is 5.66. The third-order valence-electron chi connectivity index (χ3n) is 1.28. The number of hydrogen-bond acceptors (Lipinski definition) is 3. The van der Waals surface area contributed by atoms with Gasteiger partial charge in [-0.1, -0.05) is 0 Å². The first kappa shape index (κ1) is 8.66. The molecule has 0 fully saturated rings. The van der Waals surface area contributed by atoms with Crippen molar-refractivity contribution < 1.29 is 9.13 Å². The number of hydrogen-bond donors (Lipinski definition) is 1. The Hall–Kier alpha value is -1.43. The average molecular weight is 174 g/mol. The largest absolute Gasteiger partial charge is 0.364 e. The molecule has 0 radical (unpaired) electrons. The summed E-state index contributed by atoms with van der Waals surface area (Å²) in [7, 11) is 1.30. The highest BCUT2D eigenvalue weighted by Crippen LogP contribution is 1.80. The summed E-state index contributed by atoms with van der Waals surface area (Å²) in [6.07, 6.45) is 0.719. The number of methoxy groups -OCH3 is 1. The third-order valence-corrected chi connectivity index (χ3v) is 1.28. The van der Waals surface area contributed by atoms with E-state index in [0.29, 0.717) is 4.57 Å². The van der Waals surface area contributed by atoms with E-state index in [2.05, 4.69) is 4.74 Å². The molecular weight excluding hydrogens is 167 g/mol. The molecule has 0 atom stereocenters. The predicted octanol–water partition coefficient (Wildman–Crippen LogP) is -0.720. The molecule has 5 nitrogen and oxygen atoms in total. The maximum Gasteiger partial charge on any atom is 0.330 e. The molecule has 0 bridgehead atoms. The number of aromatic nitrogens is 2. The van der Waals surface area contributed by atoms with E-state index in [9.17, 15) is 14.0 Å². The van der Waals surface area contributed by atoms with Crippen molar-refractivity contribution in [2.75, 3.05) is 7.11 Å². The van der Waals surface area contributed by atoms with Gasteiger partial charge in [-0.3, -0.25) is 4.79 Å². The lowest BCUT2D eigenvalue weighted by atomic mass is 10.6. The standard InChI is InChI=1S/C6H7FN2O3/c1-12-3-9-5(10)4(7)2-8-6(9)11/h2H,3H2,1H3,(H,8,11). The first-order valence-electron chi connectivity index (χ1n) is 3.13. The molecule has 0 saturated heterocycles. The minimum Gasteiger partial charge on any atom is -0.364 e. The molecule has 0 aliphatic heterocycles. The molecule has 12 heavy (non-hydrogen) atoms. The Morgan fingerprint density at radius 2 is 2.33 bits per heavy atom. The van der Waals surface area contributed by atoms with Crippen molar-refractivity contribution >= 4 is 0 Å². The van der Waals surface area contributed by atoms with Gasteiger partial charge < -0.3 is 9.72 Å². The van der Waals surface area contributed by atoms with E-state index >= 15 is 0 Å². The number of rotatable bonds is 2. The van der Waals surface area contributed by atoms with Crippen molar-refractivity contribution in [3.05, 3.63) is 32.9 Å². The van der Waals surface area contributed by atoms with Crippen LogP contribution in [-0.2, 0) is 11.5 Å². The predicted molar refractivity (Wildman–Crippen MR) is 38.3 cm³/mol. The van der Waals surface area contributed by atoms with Gasteiger partial charge in [0.1, 0.15) is 6.73 Å². The topological polar surface area (TPSA) is 64.1 Å². The SMILES string of the molecule is COCn1c(=O)[nH]cc(F)c1=O. The number of halogens is 1. The molecule has 0 aromatic carbocycles. The smallest absolute Gasteiger partial charge is 0.330 e. The summed E-state index contributed by atoms with van der Waals surface area (Å²) in [5, 5.41) is 0. The van der Waals surface area contributed by atoms with Gasteiger partial charge in [0.15, 0.2) is 0 Å². The summed E-state index contributed by atoms with van der Waals surface area (Å²) in [5.74, 6) is -1.01. The fourth-order valence-electron chi connectivity index (χ4n) is 0.732. The molecule has 1 rings (SSSR count). The van der Waals surface area contributed by atoms with Gasteiger partial charge in [0.05, 0.1) is 0 Å². The highest BCUT2D eigenvalue weighted by atomic mass is 19.1. The minimum absolute atomic E-state index is 0.258. The van der Waals surface area contributed by atoms with Crippen LogP contribution in [0.1, 0.15) is 0 Å². The normalized spacial score (nSPS) is 10.2. The van der Waals surface area contributed by atoms with Gasteiger partial charge in [0.25, 0.3) is 5.56 Å². The summed E-state index contributed by atoms with van der Waals surface area (Å²) in [6.45, 7) is -0.258. The molecule has 66 valence electrons. The van der Waals surface area contributed by atoms with E-state index in [4.69, 9.17) is 0 Å². The van der Waals surface area contributed by atoms with Crippen molar-refractivity contribution in [3.63, 3.8) is 0 Å². The van der Waals surface area contributed by atoms with Crippen LogP contribution in [0.5, 0.6) is 0 Å². The van der Waals surface area contributed by atoms with Crippen LogP contribution < -0.4 is 11.2 Å². The summed E-state index contributed by atoms with van der Waals surface area (Å²) in [5.41, 5.74) is -1.68. The monoisotopic (exact) mass is 174 g/mol. The van der Waals surface area contributed by atoms with Crippen LogP contribution in [0.2, 0.25) is 0 Å². The van der Waals surface area contributed by atoms with Crippen LogP contribution in [-0.4, -0.2) is 16.7 Å². The van der Waals surface area contributed by atoms with Crippen LogP contribution in [0.25, 0.3) is 0 Å². The highest BCUT2D eigenvalue weighted by molar-refractivity contribution is 4.86. The molecule has 0 aliphatic rings. The van der Waals surface area contributed by atoms with Crippen LogP contribution in [0.15, 0.2) is 15.8 Å². The first-order valence-corrected chi connectivity index (χ1v) is 3.13. The molecule has 0 aliphatic carbocycles. The van der Waals surface area contributed by atoms with E-state index in [-0.39, 0.29) is 6.73 Å². The van der Waals surface area contributed by atoms with Crippen LogP contribution in [0.4, 0.5) is 4.39 Å². The van der Waals surface area contributed by atoms with Gasteiger partial charge in [-0.05, 0) is 0 Å². The molecule has 0 unspecified atom stereocenters. The third kappa shape index (κ3) is 1.42. The summed E-state index contributed by atoms with van der Waals surface area (Å²) >= 11 is 0. The molecule has 0 spiro atoms. The van der Waals surface area contributed by atoms with Gasteiger partial charge in [0.2, 0.25) is 5.82 Å². The summed E-state index contributed by atoms with van der Waals surface area (Å²) in [6, 6.07) is 0. The molecule has 0 saturated carbocycles. The van der Waals surface area contributed by atoms with E-state index in [0.717, 1.165) is 6.20 Å². The highest BCUT2D eigenvalue weighted by Gasteiger charge is 2.04. The molecule has 6 heteroatoms. The Balaban J connectivity index is 3.34. The minimum atomic E-state index is -1.01. The molecule has 1 N–H and O–H groups in total. The van der Waals surface area contributed by atoms with Crippen LogP contribution in [0.3, 0.4) is 0 Å². The van der Waals surface area contributed by atoms with Gasteiger partial charge in [-0.2, -0.15) is 4.39 Å². The second-order valence-corrected chi connectivity index (χ2v) is 2.09. The van der Waals surface area contributed by atoms with Gasteiger partial charge >= 0.3 is 5.69 Å². The lowest BCUT2D eigenvalue weighted by molar-refractivity contribution is 0.123. The van der Waals surface area contributed by atoms with Crippen molar-refractivity contribution in [2.45, 2.75) is 6.73 Å². The summed E-state index contributed by atoms with van der Waals surface area (Å²) in [4.78, 5) is 23.8. The van der Waals surface area contributed by atoms with Crippen molar-refractivity contribution in [1.82, 2.24) is 9.55 Å². The zero-order chi connectivity index (χ0) is 9.14. The van der Waals surface area contributed by atoms with Crippen LogP contribution >= 0.6 is 0 Å².